The summed E-state index contributed by atoms with van der Waals surface area (Å²) in [6, 6.07) is -0.286. The van der Waals surface area contributed by atoms with Gasteiger partial charge in [0.25, 0.3) is 0 Å². The van der Waals surface area contributed by atoms with E-state index >= 15 is 0 Å². The number of piperazine rings is 1. The van der Waals surface area contributed by atoms with Gasteiger partial charge < -0.3 is 10.2 Å². The van der Waals surface area contributed by atoms with Gasteiger partial charge in [-0.25, -0.2) is 0 Å². The van der Waals surface area contributed by atoms with Crippen LogP contribution in [0.2, 0.25) is 5.02 Å². The van der Waals surface area contributed by atoms with Gasteiger partial charge in [-0.1, -0.05) is 11.6 Å². The smallest absolute Gasteiger partial charge is 0.247 e. The summed E-state index contributed by atoms with van der Waals surface area (Å²) >= 11 is 5.78. The van der Waals surface area contributed by atoms with Crippen LogP contribution >= 0.6 is 11.6 Å². The summed E-state index contributed by atoms with van der Waals surface area (Å²) in [5, 5.41) is 7.82. The van der Waals surface area contributed by atoms with E-state index in [1.165, 1.54) is 0 Å². The molecule has 0 saturated carbocycles. The average Bonchev–Trinajstić information content (AvgIpc) is 2.75. The molecule has 1 aromatic rings. The second-order valence-electron chi connectivity index (χ2n) is 3.89. The lowest BCUT2D eigenvalue weighted by Crippen LogP contribution is -2.48. The third-order valence-electron chi connectivity index (χ3n) is 2.75. The molecule has 5 nitrogen and oxygen atoms in total. The van der Waals surface area contributed by atoms with E-state index in [-0.39, 0.29) is 11.9 Å². The molecule has 1 unspecified atom stereocenters. The van der Waals surface area contributed by atoms with Gasteiger partial charge >= 0.3 is 0 Å². The number of carbonyl (C=O) groups is 1. The van der Waals surface area contributed by atoms with Crippen LogP contribution in [-0.4, -0.2) is 46.8 Å². The SMILES string of the molecule is CC(C(=O)N1CCNCC1)n1cc(Cl)cn1. The largest absolute Gasteiger partial charge is 0.338 e. The molecule has 0 spiro atoms. The van der Waals surface area contributed by atoms with Crippen LogP contribution in [0.4, 0.5) is 0 Å². The number of amides is 1. The molecule has 1 atom stereocenters. The first-order valence-corrected chi connectivity index (χ1v) is 5.75. The Morgan fingerprint density at radius 2 is 2.25 bits per heavy atom. The topological polar surface area (TPSA) is 50.2 Å². The third kappa shape index (κ3) is 2.36. The number of hydrogen-bond donors (Lipinski definition) is 1. The van der Waals surface area contributed by atoms with Gasteiger partial charge in [0.2, 0.25) is 5.91 Å². The normalized spacial score (nSPS) is 18.5. The summed E-state index contributed by atoms with van der Waals surface area (Å²) in [7, 11) is 0. The van der Waals surface area contributed by atoms with Crippen molar-refractivity contribution >= 4 is 17.5 Å². The molecule has 1 aliphatic rings. The van der Waals surface area contributed by atoms with Crippen molar-refractivity contribution in [2.24, 2.45) is 0 Å². The fourth-order valence-corrected chi connectivity index (χ4v) is 1.93. The molecule has 0 aromatic carbocycles. The first kappa shape index (κ1) is 11.4. The maximum Gasteiger partial charge on any atom is 0.247 e. The molecular weight excluding hydrogens is 228 g/mol. The molecule has 0 radical (unpaired) electrons. The van der Waals surface area contributed by atoms with Crippen LogP contribution in [0.25, 0.3) is 0 Å². The molecule has 2 rings (SSSR count). The number of halogens is 1. The highest BCUT2D eigenvalue weighted by atomic mass is 35.5. The maximum atomic E-state index is 12.1. The Hall–Kier alpha value is -1.07. The van der Waals surface area contributed by atoms with Crippen LogP contribution in [0.15, 0.2) is 12.4 Å². The van der Waals surface area contributed by atoms with Crippen molar-refractivity contribution < 1.29 is 4.79 Å². The van der Waals surface area contributed by atoms with E-state index in [9.17, 15) is 4.79 Å². The van der Waals surface area contributed by atoms with Gasteiger partial charge in [0.1, 0.15) is 6.04 Å². The lowest BCUT2D eigenvalue weighted by Gasteiger charge is -2.29. The predicted molar refractivity (Wildman–Crippen MR) is 61.4 cm³/mol. The van der Waals surface area contributed by atoms with Crippen molar-refractivity contribution in [1.29, 1.82) is 0 Å². The van der Waals surface area contributed by atoms with Gasteiger partial charge in [-0.15, -0.1) is 0 Å². The van der Waals surface area contributed by atoms with E-state index < -0.39 is 0 Å². The Bertz CT molecular complexity index is 373. The van der Waals surface area contributed by atoms with E-state index in [4.69, 9.17) is 11.6 Å². The highest BCUT2D eigenvalue weighted by molar-refractivity contribution is 6.30. The Labute approximate surface area is 99.4 Å². The summed E-state index contributed by atoms with van der Waals surface area (Å²) in [4.78, 5) is 14.0. The summed E-state index contributed by atoms with van der Waals surface area (Å²) in [6.07, 6.45) is 3.22. The molecule has 0 aliphatic carbocycles. The second kappa shape index (κ2) is 4.84. The maximum absolute atomic E-state index is 12.1. The van der Waals surface area contributed by atoms with Crippen LogP contribution in [0, 0.1) is 0 Å². The molecule has 6 heteroatoms. The van der Waals surface area contributed by atoms with Crippen molar-refractivity contribution in [3.05, 3.63) is 17.4 Å². The fourth-order valence-electron chi connectivity index (χ4n) is 1.79. The molecule has 88 valence electrons. The van der Waals surface area contributed by atoms with Crippen molar-refractivity contribution in [2.75, 3.05) is 26.2 Å². The van der Waals surface area contributed by atoms with E-state index in [1.807, 2.05) is 11.8 Å². The van der Waals surface area contributed by atoms with Crippen LogP contribution in [0.1, 0.15) is 13.0 Å². The van der Waals surface area contributed by atoms with Gasteiger partial charge in [0.15, 0.2) is 0 Å². The zero-order chi connectivity index (χ0) is 11.5. The molecule has 1 aliphatic heterocycles. The Kier molecular flexibility index (Phi) is 3.46. The number of nitrogens with one attached hydrogen (secondary N) is 1. The summed E-state index contributed by atoms with van der Waals surface area (Å²) in [5.74, 6) is 0.0984. The monoisotopic (exact) mass is 242 g/mol. The zero-order valence-electron chi connectivity index (χ0n) is 9.19. The first-order valence-electron chi connectivity index (χ1n) is 5.37. The van der Waals surface area contributed by atoms with Crippen LogP contribution in [-0.2, 0) is 4.79 Å². The van der Waals surface area contributed by atoms with E-state index in [0.29, 0.717) is 5.02 Å². The van der Waals surface area contributed by atoms with Gasteiger partial charge in [0.05, 0.1) is 11.2 Å². The minimum absolute atomic E-state index is 0.0984. The lowest BCUT2D eigenvalue weighted by atomic mass is 10.2. The minimum Gasteiger partial charge on any atom is -0.338 e. The third-order valence-corrected chi connectivity index (χ3v) is 2.95. The Morgan fingerprint density at radius 1 is 1.56 bits per heavy atom. The zero-order valence-corrected chi connectivity index (χ0v) is 9.94. The average molecular weight is 243 g/mol. The molecule has 0 bridgehead atoms. The number of hydrogen-bond acceptors (Lipinski definition) is 3. The summed E-state index contributed by atoms with van der Waals surface area (Å²) in [6.45, 7) is 5.08. The van der Waals surface area contributed by atoms with Crippen LogP contribution in [0.5, 0.6) is 0 Å². The van der Waals surface area contributed by atoms with E-state index in [2.05, 4.69) is 10.4 Å². The van der Waals surface area contributed by atoms with Gasteiger partial charge in [-0.3, -0.25) is 9.48 Å². The molecule has 1 aromatic heterocycles. The summed E-state index contributed by atoms with van der Waals surface area (Å²) < 4.78 is 1.60. The van der Waals surface area contributed by atoms with Gasteiger partial charge in [-0.2, -0.15) is 5.10 Å². The highest BCUT2D eigenvalue weighted by Crippen LogP contribution is 2.13. The Morgan fingerprint density at radius 3 is 2.81 bits per heavy atom. The lowest BCUT2D eigenvalue weighted by molar-refractivity contribution is -0.135. The van der Waals surface area contributed by atoms with E-state index in [1.54, 1.807) is 17.1 Å². The van der Waals surface area contributed by atoms with Crippen LogP contribution < -0.4 is 5.32 Å². The standard InChI is InChI=1S/C10H15ClN4O/c1-8(15-7-9(11)6-13-15)10(16)14-4-2-12-3-5-14/h6-8,12H,2-5H2,1H3. The van der Waals surface area contributed by atoms with E-state index in [0.717, 1.165) is 26.2 Å². The van der Waals surface area contributed by atoms with Crippen molar-refractivity contribution in [3.63, 3.8) is 0 Å². The van der Waals surface area contributed by atoms with Crippen LogP contribution in [0.3, 0.4) is 0 Å². The molecule has 1 N–H and O–H groups in total. The molecular formula is C10H15ClN4O. The quantitative estimate of drug-likeness (QED) is 0.823. The van der Waals surface area contributed by atoms with Gasteiger partial charge in [0, 0.05) is 32.4 Å². The predicted octanol–water partition coefficient (Wildman–Crippen LogP) is 0.529. The number of nitrogens with zero attached hydrogens (tertiary/aromatic N) is 3. The molecule has 1 fully saturated rings. The molecule has 2 heterocycles. The van der Waals surface area contributed by atoms with Crippen molar-refractivity contribution in [1.82, 2.24) is 20.0 Å². The summed E-state index contributed by atoms with van der Waals surface area (Å²) in [5.41, 5.74) is 0. The molecule has 1 amide bonds. The van der Waals surface area contributed by atoms with Gasteiger partial charge in [-0.05, 0) is 6.92 Å². The first-order chi connectivity index (χ1) is 7.68. The minimum atomic E-state index is -0.286. The fraction of sp³-hybridized carbons (Fsp3) is 0.600. The van der Waals surface area contributed by atoms with Crippen molar-refractivity contribution in [2.45, 2.75) is 13.0 Å². The molecule has 16 heavy (non-hydrogen) atoms. The number of aromatic nitrogens is 2. The molecule has 1 saturated heterocycles. The Balaban J connectivity index is 2.03. The second-order valence-corrected chi connectivity index (χ2v) is 4.33. The van der Waals surface area contributed by atoms with Crippen molar-refractivity contribution in [3.8, 4) is 0 Å². The number of carbonyl (C=O) groups excluding carboxylic acids is 1. The highest BCUT2D eigenvalue weighted by Gasteiger charge is 2.23. The number of rotatable bonds is 2.